The van der Waals surface area contributed by atoms with Crippen molar-refractivity contribution in [3.63, 3.8) is 0 Å². The third kappa shape index (κ3) is 2.83. The Bertz CT molecular complexity index is 538. The topological polar surface area (TPSA) is 61.6 Å². The maximum atomic E-state index is 8.45. The molecule has 18 heavy (non-hydrogen) atoms. The van der Waals surface area contributed by atoms with E-state index >= 15 is 0 Å². The van der Waals surface area contributed by atoms with E-state index in [1.54, 1.807) is 18.6 Å². The van der Waals surface area contributed by atoms with E-state index < -0.39 is 0 Å². The van der Waals surface area contributed by atoms with Crippen LogP contribution in [0.3, 0.4) is 0 Å². The molecule has 0 aliphatic rings. The van der Waals surface area contributed by atoms with Crippen LogP contribution in [-0.2, 0) is 6.42 Å². The number of hydrogen-bond donors (Lipinski definition) is 1. The van der Waals surface area contributed by atoms with Crippen molar-refractivity contribution in [2.75, 3.05) is 5.32 Å². The van der Waals surface area contributed by atoms with E-state index in [1.165, 1.54) is 5.56 Å². The summed E-state index contributed by atoms with van der Waals surface area (Å²) in [7, 11) is 0. The number of nitriles is 1. The SMILES string of the molecule is CCCc1ccc(-c2cnc(NC#N)nc2)cc1. The van der Waals surface area contributed by atoms with Gasteiger partial charge in [0.05, 0.1) is 0 Å². The molecule has 4 heteroatoms. The van der Waals surface area contributed by atoms with E-state index in [-0.39, 0.29) is 0 Å². The van der Waals surface area contributed by atoms with Crippen LogP contribution in [0, 0.1) is 11.5 Å². The number of benzene rings is 1. The fourth-order valence-electron chi connectivity index (χ4n) is 1.74. The molecule has 0 saturated heterocycles. The Kier molecular flexibility index (Phi) is 3.87. The summed E-state index contributed by atoms with van der Waals surface area (Å²) in [6.45, 7) is 2.17. The van der Waals surface area contributed by atoms with E-state index in [0.29, 0.717) is 5.95 Å². The van der Waals surface area contributed by atoms with Crippen molar-refractivity contribution in [3.8, 4) is 17.3 Å². The van der Waals surface area contributed by atoms with E-state index in [1.807, 2.05) is 0 Å². The number of aryl methyl sites for hydroxylation is 1. The van der Waals surface area contributed by atoms with Gasteiger partial charge in [0.25, 0.3) is 0 Å². The number of aromatic nitrogens is 2. The van der Waals surface area contributed by atoms with Gasteiger partial charge in [0.1, 0.15) is 0 Å². The highest BCUT2D eigenvalue weighted by atomic mass is 15.1. The minimum atomic E-state index is 0.323. The van der Waals surface area contributed by atoms with Crippen LogP contribution in [0.2, 0.25) is 0 Å². The van der Waals surface area contributed by atoms with Crippen LogP contribution in [0.5, 0.6) is 0 Å². The predicted octanol–water partition coefficient (Wildman–Crippen LogP) is 2.99. The normalized spacial score (nSPS) is 9.78. The highest BCUT2D eigenvalue weighted by Gasteiger charge is 2.00. The Labute approximate surface area is 106 Å². The van der Waals surface area contributed by atoms with Gasteiger partial charge in [0.2, 0.25) is 5.95 Å². The second-order valence-corrected chi connectivity index (χ2v) is 3.98. The fourth-order valence-corrected chi connectivity index (χ4v) is 1.74. The first kappa shape index (κ1) is 12.1. The molecular formula is C14H14N4. The molecule has 1 aromatic carbocycles. The van der Waals surface area contributed by atoms with Crippen LogP contribution >= 0.6 is 0 Å². The quantitative estimate of drug-likeness (QED) is 0.657. The van der Waals surface area contributed by atoms with Crippen molar-refractivity contribution in [1.29, 1.82) is 5.26 Å². The van der Waals surface area contributed by atoms with Gasteiger partial charge in [0, 0.05) is 18.0 Å². The van der Waals surface area contributed by atoms with Gasteiger partial charge >= 0.3 is 0 Å². The molecule has 1 aromatic heterocycles. The molecule has 0 aliphatic heterocycles. The number of hydrogen-bond acceptors (Lipinski definition) is 4. The lowest BCUT2D eigenvalue weighted by atomic mass is 10.0. The Hall–Kier alpha value is -2.41. The first-order valence-corrected chi connectivity index (χ1v) is 5.90. The molecule has 0 fully saturated rings. The molecule has 0 radical (unpaired) electrons. The van der Waals surface area contributed by atoms with Gasteiger partial charge < -0.3 is 0 Å². The fraction of sp³-hybridized carbons (Fsp3) is 0.214. The number of anilines is 1. The molecule has 90 valence electrons. The third-order valence-corrected chi connectivity index (χ3v) is 2.65. The molecule has 2 rings (SSSR count). The van der Waals surface area contributed by atoms with Crippen molar-refractivity contribution < 1.29 is 0 Å². The first-order chi connectivity index (χ1) is 8.83. The monoisotopic (exact) mass is 238 g/mol. The molecule has 0 atom stereocenters. The van der Waals surface area contributed by atoms with Crippen LogP contribution < -0.4 is 5.32 Å². The van der Waals surface area contributed by atoms with Gasteiger partial charge in [-0.25, -0.2) is 9.97 Å². The zero-order chi connectivity index (χ0) is 12.8. The maximum Gasteiger partial charge on any atom is 0.236 e. The second-order valence-electron chi connectivity index (χ2n) is 3.98. The summed E-state index contributed by atoms with van der Waals surface area (Å²) in [5.41, 5.74) is 3.37. The first-order valence-electron chi connectivity index (χ1n) is 5.90. The van der Waals surface area contributed by atoms with Gasteiger partial charge in [-0.2, -0.15) is 5.26 Å². The van der Waals surface area contributed by atoms with Gasteiger partial charge in [-0.05, 0) is 17.5 Å². The van der Waals surface area contributed by atoms with Crippen LogP contribution in [0.25, 0.3) is 11.1 Å². The van der Waals surface area contributed by atoms with Crippen LogP contribution in [0.15, 0.2) is 36.7 Å². The standard InChI is InChI=1S/C14H14N4/c1-2-3-11-4-6-12(7-5-11)13-8-16-14(17-9-13)18-10-15/h4-9H,2-3H2,1H3,(H,16,17,18). The Morgan fingerprint density at radius 3 is 2.33 bits per heavy atom. The summed E-state index contributed by atoms with van der Waals surface area (Å²) in [6.07, 6.45) is 7.46. The van der Waals surface area contributed by atoms with Crippen LogP contribution in [0.1, 0.15) is 18.9 Å². The molecule has 4 nitrogen and oxygen atoms in total. The summed E-state index contributed by atoms with van der Waals surface area (Å²) < 4.78 is 0. The number of nitrogens with one attached hydrogen (secondary N) is 1. The lowest BCUT2D eigenvalue weighted by molar-refractivity contribution is 0.922. The Morgan fingerprint density at radius 2 is 1.78 bits per heavy atom. The molecule has 1 heterocycles. The molecule has 0 aliphatic carbocycles. The lowest BCUT2D eigenvalue weighted by Crippen LogP contribution is -1.95. The smallest absolute Gasteiger partial charge is 0.236 e. The summed E-state index contributed by atoms with van der Waals surface area (Å²) in [5, 5.41) is 10.8. The largest absolute Gasteiger partial charge is 0.261 e. The Morgan fingerprint density at radius 1 is 1.11 bits per heavy atom. The molecular weight excluding hydrogens is 224 g/mol. The van der Waals surface area contributed by atoms with Gasteiger partial charge in [-0.1, -0.05) is 37.6 Å². The molecule has 1 N–H and O–H groups in total. The summed E-state index contributed by atoms with van der Waals surface area (Å²) in [4.78, 5) is 8.12. The van der Waals surface area contributed by atoms with E-state index in [0.717, 1.165) is 24.0 Å². The van der Waals surface area contributed by atoms with Crippen molar-refractivity contribution in [1.82, 2.24) is 9.97 Å². The predicted molar refractivity (Wildman–Crippen MR) is 70.7 cm³/mol. The van der Waals surface area contributed by atoms with Crippen LogP contribution in [-0.4, -0.2) is 9.97 Å². The molecule has 0 bridgehead atoms. The van der Waals surface area contributed by atoms with E-state index in [9.17, 15) is 0 Å². The average Bonchev–Trinajstić information content (AvgIpc) is 2.41. The summed E-state index contributed by atoms with van der Waals surface area (Å²) >= 11 is 0. The van der Waals surface area contributed by atoms with Gasteiger partial charge in [0.15, 0.2) is 6.19 Å². The van der Waals surface area contributed by atoms with E-state index in [4.69, 9.17) is 5.26 Å². The molecule has 0 saturated carbocycles. The summed E-state index contributed by atoms with van der Waals surface area (Å²) in [6, 6.07) is 8.39. The van der Waals surface area contributed by atoms with Crippen molar-refractivity contribution in [3.05, 3.63) is 42.2 Å². The minimum absolute atomic E-state index is 0.323. The highest BCUT2D eigenvalue weighted by Crippen LogP contribution is 2.19. The van der Waals surface area contributed by atoms with Gasteiger partial charge in [-0.15, -0.1) is 0 Å². The molecule has 0 unspecified atom stereocenters. The zero-order valence-electron chi connectivity index (χ0n) is 10.2. The van der Waals surface area contributed by atoms with E-state index in [2.05, 4.69) is 46.5 Å². The highest BCUT2D eigenvalue weighted by molar-refractivity contribution is 5.62. The number of nitrogens with zero attached hydrogens (tertiary/aromatic N) is 3. The number of rotatable bonds is 4. The Balaban J connectivity index is 2.18. The van der Waals surface area contributed by atoms with Crippen molar-refractivity contribution in [2.45, 2.75) is 19.8 Å². The van der Waals surface area contributed by atoms with Gasteiger partial charge in [-0.3, -0.25) is 5.32 Å². The zero-order valence-corrected chi connectivity index (χ0v) is 10.2. The second kappa shape index (κ2) is 5.78. The molecule has 2 aromatic rings. The third-order valence-electron chi connectivity index (χ3n) is 2.65. The molecule has 0 amide bonds. The summed E-state index contributed by atoms with van der Waals surface area (Å²) in [5.74, 6) is 0.323. The average molecular weight is 238 g/mol. The minimum Gasteiger partial charge on any atom is -0.261 e. The van der Waals surface area contributed by atoms with Crippen LogP contribution in [0.4, 0.5) is 5.95 Å². The lowest BCUT2D eigenvalue weighted by Gasteiger charge is -2.03. The van der Waals surface area contributed by atoms with Crippen molar-refractivity contribution in [2.24, 2.45) is 0 Å². The van der Waals surface area contributed by atoms with Crippen molar-refractivity contribution >= 4 is 5.95 Å². The maximum absolute atomic E-state index is 8.45. The molecule has 0 spiro atoms.